The quantitative estimate of drug-likeness (QED) is 0.793. The molecule has 0 bridgehead atoms. The largest absolute Gasteiger partial charge is 0.379 e. The number of carbonyl (C=O) groups is 1. The summed E-state index contributed by atoms with van der Waals surface area (Å²) in [7, 11) is 5.38. The van der Waals surface area contributed by atoms with Crippen molar-refractivity contribution in [1.82, 2.24) is 15.1 Å². The molecular weight excluding hydrogens is 242 g/mol. The van der Waals surface area contributed by atoms with Crippen LogP contribution in [0.2, 0.25) is 0 Å². The number of hydrogen-bond acceptors (Lipinski definition) is 4. The fourth-order valence-electron chi connectivity index (χ4n) is 2.69. The molecule has 5 heteroatoms. The summed E-state index contributed by atoms with van der Waals surface area (Å²) in [5.74, 6) is 0.175. The Balaban J connectivity index is 2.74. The SMILES string of the molecule is COC(C)(C)CC(C)N1CCNCC1C(=O)N(C)C. The molecule has 0 aliphatic carbocycles. The minimum absolute atomic E-state index is 0.0635. The molecule has 1 heterocycles. The highest BCUT2D eigenvalue weighted by Crippen LogP contribution is 2.21. The molecular formula is C14H29N3O2. The molecule has 1 aliphatic heterocycles. The van der Waals surface area contributed by atoms with Gasteiger partial charge in [-0.3, -0.25) is 9.69 Å². The first-order chi connectivity index (χ1) is 8.78. The van der Waals surface area contributed by atoms with Crippen molar-refractivity contribution in [2.45, 2.75) is 44.9 Å². The van der Waals surface area contributed by atoms with E-state index in [-0.39, 0.29) is 17.6 Å². The molecule has 0 aromatic carbocycles. The number of nitrogens with zero attached hydrogens (tertiary/aromatic N) is 2. The Kier molecular flexibility index (Phi) is 5.77. The summed E-state index contributed by atoms with van der Waals surface area (Å²) in [6.45, 7) is 8.94. The van der Waals surface area contributed by atoms with E-state index in [2.05, 4.69) is 31.0 Å². The number of nitrogens with one attached hydrogen (secondary N) is 1. The van der Waals surface area contributed by atoms with Gasteiger partial charge in [0.1, 0.15) is 6.04 Å². The van der Waals surface area contributed by atoms with Gasteiger partial charge in [0, 0.05) is 46.9 Å². The Labute approximate surface area is 117 Å². The van der Waals surface area contributed by atoms with E-state index in [4.69, 9.17) is 4.74 Å². The van der Waals surface area contributed by atoms with Gasteiger partial charge < -0.3 is 15.0 Å². The van der Waals surface area contributed by atoms with Crippen LogP contribution in [0.25, 0.3) is 0 Å². The standard InChI is InChI=1S/C14H29N3O2/c1-11(9-14(2,3)19-6)17-8-7-15-10-12(17)13(18)16(4)5/h11-12,15H,7-10H2,1-6H3. The summed E-state index contributed by atoms with van der Waals surface area (Å²) >= 11 is 0. The number of hydrogen-bond donors (Lipinski definition) is 1. The summed E-state index contributed by atoms with van der Waals surface area (Å²) in [5, 5.41) is 3.31. The van der Waals surface area contributed by atoms with E-state index in [1.165, 1.54) is 0 Å². The average molecular weight is 271 g/mol. The molecule has 0 radical (unpaired) electrons. The van der Waals surface area contributed by atoms with Crippen molar-refractivity contribution in [2.24, 2.45) is 0 Å². The number of likely N-dealkylation sites (N-methyl/N-ethyl adjacent to an activating group) is 1. The number of rotatable bonds is 5. The number of carbonyl (C=O) groups excluding carboxylic acids is 1. The van der Waals surface area contributed by atoms with E-state index in [9.17, 15) is 4.79 Å². The van der Waals surface area contributed by atoms with Crippen LogP contribution in [-0.2, 0) is 9.53 Å². The van der Waals surface area contributed by atoms with Crippen LogP contribution < -0.4 is 5.32 Å². The molecule has 5 nitrogen and oxygen atoms in total. The number of amides is 1. The number of piperazine rings is 1. The van der Waals surface area contributed by atoms with Gasteiger partial charge in [0.15, 0.2) is 0 Å². The van der Waals surface area contributed by atoms with Gasteiger partial charge in [-0.05, 0) is 27.2 Å². The molecule has 0 saturated carbocycles. The number of ether oxygens (including phenoxy) is 1. The van der Waals surface area contributed by atoms with Gasteiger partial charge in [-0.2, -0.15) is 0 Å². The molecule has 1 N–H and O–H groups in total. The van der Waals surface area contributed by atoms with Gasteiger partial charge in [0.05, 0.1) is 5.60 Å². The van der Waals surface area contributed by atoms with Gasteiger partial charge in [-0.15, -0.1) is 0 Å². The highest BCUT2D eigenvalue weighted by atomic mass is 16.5. The van der Waals surface area contributed by atoms with Crippen LogP contribution in [0, 0.1) is 0 Å². The second-order valence-corrected chi connectivity index (χ2v) is 6.21. The molecule has 2 atom stereocenters. The molecule has 1 saturated heterocycles. The van der Waals surface area contributed by atoms with Crippen molar-refractivity contribution >= 4 is 5.91 Å². The lowest BCUT2D eigenvalue weighted by atomic mass is 9.96. The molecule has 1 amide bonds. The first-order valence-corrected chi connectivity index (χ1v) is 7.01. The van der Waals surface area contributed by atoms with Crippen molar-refractivity contribution < 1.29 is 9.53 Å². The molecule has 0 aromatic heterocycles. The number of methoxy groups -OCH3 is 1. The summed E-state index contributed by atoms with van der Waals surface area (Å²) in [4.78, 5) is 16.2. The van der Waals surface area contributed by atoms with Crippen molar-refractivity contribution in [3.05, 3.63) is 0 Å². The monoisotopic (exact) mass is 271 g/mol. The molecule has 1 rings (SSSR count). The third kappa shape index (κ3) is 4.44. The summed E-state index contributed by atoms with van der Waals surface area (Å²) in [6.07, 6.45) is 0.917. The summed E-state index contributed by atoms with van der Waals surface area (Å²) < 4.78 is 5.50. The first kappa shape index (κ1) is 16.4. The van der Waals surface area contributed by atoms with Crippen molar-refractivity contribution in [3.63, 3.8) is 0 Å². The van der Waals surface area contributed by atoms with Crippen LogP contribution >= 0.6 is 0 Å². The highest BCUT2D eigenvalue weighted by Gasteiger charge is 2.34. The molecule has 0 spiro atoms. The van der Waals surface area contributed by atoms with Crippen LogP contribution in [0.3, 0.4) is 0 Å². The average Bonchev–Trinajstić information content (AvgIpc) is 2.37. The smallest absolute Gasteiger partial charge is 0.240 e. The Bertz CT molecular complexity index is 305. The Hall–Kier alpha value is -0.650. The van der Waals surface area contributed by atoms with Crippen molar-refractivity contribution in [3.8, 4) is 0 Å². The zero-order chi connectivity index (χ0) is 14.6. The Morgan fingerprint density at radius 3 is 2.68 bits per heavy atom. The van der Waals surface area contributed by atoms with Crippen LogP contribution in [-0.4, -0.2) is 74.2 Å². The van der Waals surface area contributed by atoms with Gasteiger partial charge >= 0.3 is 0 Å². The predicted molar refractivity (Wildman–Crippen MR) is 77.2 cm³/mol. The van der Waals surface area contributed by atoms with E-state index in [1.807, 2.05) is 14.1 Å². The lowest BCUT2D eigenvalue weighted by Crippen LogP contribution is -2.60. The van der Waals surface area contributed by atoms with E-state index in [0.29, 0.717) is 6.04 Å². The van der Waals surface area contributed by atoms with Gasteiger partial charge in [0.2, 0.25) is 5.91 Å². The predicted octanol–water partition coefficient (Wildman–Crippen LogP) is 0.552. The van der Waals surface area contributed by atoms with Crippen LogP contribution in [0.15, 0.2) is 0 Å². The maximum Gasteiger partial charge on any atom is 0.240 e. The van der Waals surface area contributed by atoms with E-state index in [0.717, 1.165) is 26.1 Å². The van der Waals surface area contributed by atoms with Crippen LogP contribution in [0.5, 0.6) is 0 Å². The van der Waals surface area contributed by atoms with Gasteiger partial charge in [-0.1, -0.05) is 0 Å². The lowest BCUT2D eigenvalue weighted by molar-refractivity contribution is -0.136. The topological polar surface area (TPSA) is 44.8 Å². The van der Waals surface area contributed by atoms with Gasteiger partial charge in [-0.25, -0.2) is 0 Å². The zero-order valence-corrected chi connectivity index (χ0v) is 13.2. The molecule has 19 heavy (non-hydrogen) atoms. The van der Waals surface area contributed by atoms with Crippen LogP contribution in [0.1, 0.15) is 27.2 Å². The fraction of sp³-hybridized carbons (Fsp3) is 0.929. The Morgan fingerprint density at radius 2 is 2.16 bits per heavy atom. The second kappa shape index (κ2) is 6.68. The van der Waals surface area contributed by atoms with E-state index in [1.54, 1.807) is 12.0 Å². The minimum atomic E-state index is -0.157. The third-order valence-electron chi connectivity index (χ3n) is 3.92. The van der Waals surface area contributed by atoms with Crippen molar-refractivity contribution in [2.75, 3.05) is 40.8 Å². The minimum Gasteiger partial charge on any atom is -0.379 e. The third-order valence-corrected chi connectivity index (χ3v) is 3.92. The second-order valence-electron chi connectivity index (χ2n) is 6.21. The lowest BCUT2D eigenvalue weighted by Gasteiger charge is -2.42. The van der Waals surface area contributed by atoms with E-state index < -0.39 is 0 Å². The maximum atomic E-state index is 12.3. The summed E-state index contributed by atoms with van der Waals surface area (Å²) in [6, 6.07) is 0.261. The van der Waals surface area contributed by atoms with Crippen LogP contribution in [0.4, 0.5) is 0 Å². The maximum absolute atomic E-state index is 12.3. The van der Waals surface area contributed by atoms with Gasteiger partial charge in [0.25, 0.3) is 0 Å². The highest BCUT2D eigenvalue weighted by molar-refractivity contribution is 5.81. The fourth-order valence-corrected chi connectivity index (χ4v) is 2.69. The molecule has 2 unspecified atom stereocenters. The molecule has 1 aliphatic rings. The zero-order valence-electron chi connectivity index (χ0n) is 13.2. The molecule has 0 aromatic rings. The summed E-state index contributed by atoms with van der Waals surface area (Å²) in [5.41, 5.74) is -0.157. The normalized spacial score (nSPS) is 23.2. The first-order valence-electron chi connectivity index (χ1n) is 7.01. The molecule has 112 valence electrons. The molecule has 1 fully saturated rings. The Morgan fingerprint density at radius 1 is 1.53 bits per heavy atom. The van der Waals surface area contributed by atoms with Crippen molar-refractivity contribution in [1.29, 1.82) is 0 Å². The van der Waals surface area contributed by atoms with E-state index >= 15 is 0 Å².